The van der Waals surface area contributed by atoms with Gasteiger partial charge in [0.2, 0.25) is 5.88 Å². The first-order valence-corrected chi connectivity index (χ1v) is 12.3. The maximum Gasteiger partial charge on any atom is 0.490 e. The van der Waals surface area contributed by atoms with E-state index >= 15 is 0 Å². The van der Waals surface area contributed by atoms with E-state index in [0.29, 0.717) is 18.6 Å². The van der Waals surface area contributed by atoms with Crippen molar-refractivity contribution < 1.29 is 78.7 Å². The van der Waals surface area contributed by atoms with Crippen LogP contribution in [0, 0.1) is 5.41 Å². The van der Waals surface area contributed by atoms with Crippen LogP contribution in [-0.4, -0.2) is 99.0 Å². The Balaban J connectivity index is 0.000000396. The standard InChI is InChI=1S/C19H23N3O2.3C2HF3O2/c1-2-8-21-18(3-1)24-15-19-7-12-23-17(19)6-11-22(14-19)13-16-4-9-20-10-5-16;3*3-2(4,5)1(6)7/h1-5,8-10,17H,6-7,11-15H2;3*(H,6,7)/t17-,19+;;;/m1.../s1. The fraction of sp³-hybridized carbons (Fsp3) is 0.480. The van der Waals surface area contributed by atoms with Gasteiger partial charge in [-0.05, 0) is 36.6 Å². The Kier molecular flexibility index (Phi) is 14.5. The van der Waals surface area contributed by atoms with Gasteiger partial charge < -0.3 is 24.8 Å². The van der Waals surface area contributed by atoms with Crippen molar-refractivity contribution in [3.63, 3.8) is 0 Å². The minimum Gasteiger partial charge on any atom is -0.477 e. The normalized spacial score (nSPS) is 19.6. The van der Waals surface area contributed by atoms with E-state index in [-0.39, 0.29) is 5.41 Å². The van der Waals surface area contributed by atoms with Gasteiger partial charge in [0.15, 0.2) is 0 Å². The summed E-state index contributed by atoms with van der Waals surface area (Å²) in [7, 11) is 0. The number of pyridine rings is 2. The Hall–Kier alpha value is -4.20. The van der Waals surface area contributed by atoms with Crippen molar-refractivity contribution in [3.8, 4) is 5.88 Å². The lowest BCUT2D eigenvalue weighted by molar-refractivity contribution is -0.193. The van der Waals surface area contributed by atoms with Gasteiger partial charge in [-0.15, -0.1) is 0 Å². The van der Waals surface area contributed by atoms with Crippen molar-refractivity contribution in [2.24, 2.45) is 5.41 Å². The number of fused-ring (bicyclic) bond motifs is 1. The summed E-state index contributed by atoms with van der Waals surface area (Å²) in [4.78, 5) is 37.6. The number of carbonyl (C=O) groups is 3. The highest BCUT2D eigenvalue weighted by Gasteiger charge is 2.48. The summed E-state index contributed by atoms with van der Waals surface area (Å²) in [5.41, 5.74) is 1.38. The number of aliphatic carboxylic acids is 3. The van der Waals surface area contributed by atoms with Crippen LogP contribution >= 0.6 is 0 Å². The molecular formula is C25H26F9N3O8. The van der Waals surface area contributed by atoms with Crippen molar-refractivity contribution in [1.29, 1.82) is 0 Å². The van der Waals surface area contributed by atoms with Crippen molar-refractivity contribution in [3.05, 3.63) is 54.5 Å². The van der Waals surface area contributed by atoms with Crippen molar-refractivity contribution in [1.82, 2.24) is 14.9 Å². The highest BCUT2D eigenvalue weighted by molar-refractivity contribution is 5.73. The molecule has 20 heteroatoms. The number of aromatic nitrogens is 2. The second-order valence-electron chi connectivity index (χ2n) is 9.19. The third-order valence-corrected chi connectivity index (χ3v) is 5.88. The van der Waals surface area contributed by atoms with Gasteiger partial charge in [0.1, 0.15) is 0 Å². The van der Waals surface area contributed by atoms with Crippen LogP contribution in [0.5, 0.6) is 5.88 Å². The van der Waals surface area contributed by atoms with E-state index in [2.05, 4.69) is 27.0 Å². The highest BCUT2D eigenvalue weighted by Crippen LogP contribution is 2.41. The fourth-order valence-corrected chi connectivity index (χ4v) is 3.88. The molecule has 2 aromatic heterocycles. The lowest BCUT2D eigenvalue weighted by atomic mass is 9.77. The number of carboxylic acids is 3. The molecule has 4 heterocycles. The lowest BCUT2D eigenvalue weighted by Gasteiger charge is -2.43. The Labute approximate surface area is 248 Å². The maximum absolute atomic E-state index is 10.6. The quantitative estimate of drug-likeness (QED) is 0.387. The molecule has 11 nitrogen and oxygen atoms in total. The van der Waals surface area contributed by atoms with Crippen LogP contribution in [0.4, 0.5) is 39.5 Å². The zero-order valence-corrected chi connectivity index (χ0v) is 22.8. The topological polar surface area (TPSA) is 159 Å². The number of hydrogen-bond donors (Lipinski definition) is 3. The number of ether oxygens (including phenoxy) is 2. The summed E-state index contributed by atoms with van der Waals surface area (Å²) in [5.74, 6) is -7.57. The molecule has 4 rings (SSSR count). The van der Waals surface area contributed by atoms with Gasteiger partial charge in [0.25, 0.3) is 0 Å². The molecule has 0 radical (unpaired) electrons. The number of halogens is 9. The van der Waals surface area contributed by atoms with E-state index in [1.165, 1.54) is 5.56 Å². The molecule has 0 spiro atoms. The van der Waals surface area contributed by atoms with Gasteiger partial charge in [-0.2, -0.15) is 39.5 Å². The minimum absolute atomic E-state index is 0.0722. The van der Waals surface area contributed by atoms with Crippen LogP contribution in [0.2, 0.25) is 0 Å². The van der Waals surface area contributed by atoms with E-state index in [1.54, 1.807) is 6.20 Å². The molecule has 0 aliphatic carbocycles. The third-order valence-electron chi connectivity index (χ3n) is 5.88. The van der Waals surface area contributed by atoms with Crippen LogP contribution in [0.25, 0.3) is 0 Å². The zero-order valence-electron chi connectivity index (χ0n) is 22.8. The van der Waals surface area contributed by atoms with Crippen LogP contribution in [0.1, 0.15) is 18.4 Å². The molecule has 0 saturated carbocycles. The Morgan fingerprint density at radius 2 is 1.38 bits per heavy atom. The van der Waals surface area contributed by atoms with Gasteiger partial charge >= 0.3 is 36.4 Å². The molecule has 2 aliphatic heterocycles. The van der Waals surface area contributed by atoms with Gasteiger partial charge in [-0.25, -0.2) is 19.4 Å². The Morgan fingerprint density at radius 1 is 0.867 bits per heavy atom. The molecule has 2 fully saturated rings. The van der Waals surface area contributed by atoms with E-state index in [1.807, 2.05) is 30.6 Å². The molecule has 2 aromatic rings. The molecule has 0 aromatic carbocycles. The molecular weight excluding hydrogens is 641 g/mol. The summed E-state index contributed by atoms with van der Waals surface area (Å²) in [6.45, 7) is 4.53. The number of nitrogens with zero attached hydrogens (tertiary/aromatic N) is 3. The Bertz CT molecular complexity index is 1160. The van der Waals surface area contributed by atoms with E-state index < -0.39 is 36.4 Å². The third kappa shape index (κ3) is 14.4. The first-order valence-electron chi connectivity index (χ1n) is 12.3. The average Bonchev–Trinajstić information content (AvgIpc) is 3.36. The number of likely N-dealkylation sites (tertiary alicyclic amines) is 1. The summed E-state index contributed by atoms with van der Waals surface area (Å²) in [5, 5.41) is 21.4. The SMILES string of the molecule is O=C(O)C(F)(F)F.O=C(O)C(F)(F)F.O=C(O)C(F)(F)F.c1ccc(OC[C@@]23CCO[C@@H]2CCN(Cc2ccncc2)C3)nc1. The summed E-state index contributed by atoms with van der Waals surface area (Å²) in [6.07, 6.45) is -7.34. The molecule has 2 atom stereocenters. The smallest absolute Gasteiger partial charge is 0.477 e. The van der Waals surface area contributed by atoms with Gasteiger partial charge in [-0.1, -0.05) is 6.07 Å². The number of alkyl halides is 9. The second kappa shape index (κ2) is 16.8. The summed E-state index contributed by atoms with van der Waals surface area (Å²) in [6, 6.07) is 9.96. The van der Waals surface area contributed by atoms with Gasteiger partial charge in [0, 0.05) is 56.3 Å². The molecule has 2 saturated heterocycles. The first kappa shape index (κ1) is 38.8. The van der Waals surface area contributed by atoms with Gasteiger partial charge in [-0.3, -0.25) is 9.88 Å². The van der Waals surface area contributed by atoms with Crippen LogP contribution in [0.15, 0.2) is 48.9 Å². The minimum atomic E-state index is -5.08. The monoisotopic (exact) mass is 667 g/mol. The second-order valence-corrected chi connectivity index (χ2v) is 9.19. The van der Waals surface area contributed by atoms with E-state index in [4.69, 9.17) is 39.2 Å². The largest absolute Gasteiger partial charge is 0.490 e. The van der Waals surface area contributed by atoms with E-state index in [0.717, 1.165) is 39.1 Å². The number of rotatable bonds is 5. The van der Waals surface area contributed by atoms with Crippen LogP contribution in [-0.2, 0) is 25.7 Å². The lowest BCUT2D eigenvalue weighted by Crippen LogP contribution is -2.52. The molecule has 0 amide bonds. The molecule has 252 valence electrons. The zero-order chi connectivity index (χ0) is 34.5. The maximum atomic E-state index is 10.6. The highest BCUT2D eigenvalue weighted by atomic mass is 19.4. The number of piperidine rings is 1. The molecule has 0 unspecified atom stereocenters. The average molecular weight is 667 g/mol. The molecule has 45 heavy (non-hydrogen) atoms. The fourth-order valence-electron chi connectivity index (χ4n) is 3.88. The van der Waals surface area contributed by atoms with Gasteiger partial charge in [0.05, 0.1) is 12.7 Å². The molecule has 0 bridgehead atoms. The van der Waals surface area contributed by atoms with Crippen LogP contribution < -0.4 is 4.74 Å². The first-order chi connectivity index (χ1) is 20.7. The van der Waals surface area contributed by atoms with E-state index in [9.17, 15) is 39.5 Å². The Morgan fingerprint density at radius 3 is 1.82 bits per heavy atom. The number of hydrogen-bond acceptors (Lipinski definition) is 8. The van der Waals surface area contributed by atoms with Crippen molar-refractivity contribution in [2.45, 2.75) is 44.0 Å². The summed E-state index contributed by atoms with van der Waals surface area (Å²) < 4.78 is 107. The molecule has 3 N–H and O–H groups in total. The van der Waals surface area contributed by atoms with Crippen molar-refractivity contribution >= 4 is 17.9 Å². The summed E-state index contributed by atoms with van der Waals surface area (Å²) >= 11 is 0. The molecule has 2 aliphatic rings. The van der Waals surface area contributed by atoms with Crippen molar-refractivity contribution in [2.75, 3.05) is 26.3 Å². The predicted molar refractivity (Wildman–Crippen MR) is 132 cm³/mol. The van der Waals surface area contributed by atoms with Crippen LogP contribution in [0.3, 0.4) is 0 Å². The number of carboxylic acid groups (broad SMARTS) is 3. The predicted octanol–water partition coefficient (Wildman–Crippen LogP) is 4.44.